The van der Waals surface area contributed by atoms with Gasteiger partial charge in [0.25, 0.3) is 0 Å². The van der Waals surface area contributed by atoms with Crippen molar-refractivity contribution in [1.29, 1.82) is 0 Å². The lowest BCUT2D eigenvalue weighted by Crippen LogP contribution is -2.41. The average Bonchev–Trinajstić information content (AvgIpc) is 2.25. The summed E-state index contributed by atoms with van der Waals surface area (Å²) in [4.78, 5) is 0. The molecule has 1 fully saturated rings. The fourth-order valence-electron chi connectivity index (χ4n) is 1.20. The molecule has 1 aliphatic heterocycles. The maximum absolute atomic E-state index is 5.71. The third-order valence-corrected chi connectivity index (χ3v) is 2.66. The van der Waals surface area contributed by atoms with Crippen molar-refractivity contribution in [3.8, 4) is 0 Å². The fourth-order valence-corrected chi connectivity index (χ4v) is 1.20. The van der Waals surface area contributed by atoms with Crippen LogP contribution < -0.4 is 0 Å². The van der Waals surface area contributed by atoms with E-state index in [1.54, 1.807) is 0 Å². The van der Waals surface area contributed by atoms with E-state index in [1.807, 2.05) is 19.9 Å². The second kappa shape index (κ2) is 4.99. The Morgan fingerprint density at radius 1 is 1.07 bits per heavy atom. The molecule has 3 heteroatoms. The van der Waals surface area contributed by atoms with Crippen LogP contribution in [0.2, 0.25) is 6.32 Å². The van der Waals surface area contributed by atoms with E-state index in [9.17, 15) is 0 Å². The Morgan fingerprint density at radius 2 is 1.43 bits per heavy atom. The van der Waals surface area contributed by atoms with Crippen LogP contribution >= 0.6 is 0 Å². The molecule has 0 aromatic heterocycles. The Kier molecular flexibility index (Phi) is 4.89. The van der Waals surface area contributed by atoms with Gasteiger partial charge >= 0.3 is 7.12 Å². The van der Waals surface area contributed by atoms with Gasteiger partial charge in [0.2, 0.25) is 0 Å². The van der Waals surface area contributed by atoms with Crippen molar-refractivity contribution in [2.45, 2.75) is 59.1 Å². The summed E-state index contributed by atoms with van der Waals surface area (Å²) in [5, 5.41) is 0. The molecule has 0 spiro atoms. The van der Waals surface area contributed by atoms with E-state index in [0.717, 1.165) is 6.32 Å². The van der Waals surface area contributed by atoms with Crippen molar-refractivity contribution in [3.63, 3.8) is 0 Å². The Morgan fingerprint density at radius 3 is 1.71 bits per heavy atom. The number of rotatable bonds is 2. The topological polar surface area (TPSA) is 18.5 Å². The summed E-state index contributed by atoms with van der Waals surface area (Å²) in [7, 11) is -0.118. The summed E-state index contributed by atoms with van der Waals surface area (Å²) < 4.78 is 11.4. The third kappa shape index (κ3) is 2.86. The largest absolute Gasteiger partial charge is 0.461 e. The molecule has 0 bridgehead atoms. The third-order valence-electron chi connectivity index (χ3n) is 2.66. The fraction of sp³-hybridized carbons (Fsp3) is 0.818. The van der Waals surface area contributed by atoms with Crippen molar-refractivity contribution in [1.82, 2.24) is 0 Å². The minimum Gasteiger partial charge on any atom is -0.403 e. The summed E-state index contributed by atoms with van der Waals surface area (Å²) in [6.07, 6.45) is 2.58. The van der Waals surface area contributed by atoms with E-state index >= 15 is 0 Å². The van der Waals surface area contributed by atoms with E-state index in [4.69, 9.17) is 9.31 Å². The van der Waals surface area contributed by atoms with Crippen LogP contribution in [-0.2, 0) is 9.31 Å². The standard InChI is InChI=1S/C9H17BO2.C2H6/c1-6-7-10-11-8(2,3)9(4,5)12-10;1-2/h6H,1,7H2,2-5H3;1-2H3. The van der Waals surface area contributed by atoms with E-state index in [2.05, 4.69) is 34.3 Å². The predicted molar refractivity (Wildman–Crippen MR) is 62.4 cm³/mol. The van der Waals surface area contributed by atoms with Crippen molar-refractivity contribution in [2.75, 3.05) is 0 Å². The molecule has 0 radical (unpaired) electrons. The van der Waals surface area contributed by atoms with E-state index in [1.165, 1.54) is 0 Å². The lowest BCUT2D eigenvalue weighted by molar-refractivity contribution is 0.00578. The monoisotopic (exact) mass is 198 g/mol. The molecular weight excluding hydrogens is 175 g/mol. The Labute approximate surface area is 88.8 Å². The summed E-state index contributed by atoms with van der Waals surface area (Å²) in [5.41, 5.74) is -0.415. The zero-order valence-electron chi connectivity index (χ0n) is 10.4. The van der Waals surface area contributed by atoms with E-state index in [0.29, 0.717) is 0 Å². The first-order valence-electron chi connectivity index (χ1n) is 5.35. The molecule has 0 N–H and O–H groups in total. The van der Waals surface area contributed by atoms with Crippen LogP contribution in [0.15, 0.2) is 12.7 Å². The van der Waals surface area contributed by atoms with Crippen LogP contribution in [0.4, 0.5) is 0 Å². The number of hydrogen-bond acceptors (Lipinski definition) is 2. The molecule has 0 aliphatic carbocycles. The van der Waals surface area contributed by atoms with Gasteiger partial charge in [-0.2, -0.15) is 0 Å². The zero-order chi connectivity index (χ0) is 11.4. The Hall–Kier alpha value is -0.275. The molecule has 82 valence electrons. The molecule has 14 heavy (non-hydrogen) atoms. The zero-order valence-corrected chi connectivity index (χ0v) is 10.4. The van der Waals surface area contributed by atoms with Crippen molar-refractivity contribution in [3.05, 3.63) is 12.7 Å². The molecule has 0 saturated carbocycles. The van der Waals surface area contributed by atoms with Crippen LogP contribution in [0.5, 0.6) is 0 Å². The maximum atomic E-state index is 5.71. The van der Waals surface area contributed by atoms with Crippen LogP contribution in [0, 0.1) is 0 Å². The molecule has 1 heterocycles. The van der Waals surface area contributed by atoms with Gasteiger partial charge in [-0.05, 0) is 27.7 Å². The minimum absolute atomic E-state index is 0.118. The van der Waals surface area contributed by atoms with Gasteiger partial charge in [-0.1, -0.05) is 19.9 Å². The average molecular weight is 198 g/mol. The molecule has 0 unspecified atom stereocenters. The van der Waals surface area contributed by atoms with Crippen LogP contribution in [-0.4, -0.2) is 18.3 Å². The molecule has 0 aromatic carbocycles. The second-order valence-corrected chi connectivity index (χ2v) is 4.21. The molecule has 0 atom stereocenters. The summed E-state index contributed by atoms with van der Waals surface area (Å²) in [5.74, 6) is 0. The molecule has 1 aliphatic rings. The first-order chi connectivity index (χ1) is 6.39. The number of hydrogen-bond donors (Lipinski definition) is 0. The summed E-state index contributed by atoms with van der Waals surface area (Å²) >= 11 is 0. The molecule has 0 amide bonds. The van der Waals surface area contributed by atoms with Crippen LogP contribution in [0.25, 0.3) is 0 Å². The van der Waals surface area contributed by atoms with Crippen LogP contribution in [0.1, 0.15) is 41.5 Å². The lowest BCUT2D eigenvalue weighted by Gasteiger charge is -2.32. The van der Waals surface area contributed by atoms with Gasteiger partial charge in [0.05, 0.1) is 11.2 Å². The van der Waals surface area contributed by atoms with Crippen molar-refractivity contribution < 1.29 is 9.31 Å². The van der Waals surface area contributed by atoms with Crippen molar-refractivity contribution in [2.24, 2.45) is 0 Å². The molecule has 1 saturated heterocycles. The quantitative estimate of drug-likeness (QED) is 0.500. The highest BCUT2D eigenvalue weighted by atomic mass is 16.7. The van der Waals surface area contributed by atoms with Gasteiger partial charge in [-0.15, -0.1) is 6.58 Å². The first-order valence-corrected chi connectivity index (χ1v) is 5.35. The summed E-state index contributed by atoms with van der Waals surface area (Å²) in [6, 6.07) is 0. The highest BCUT2D eigenvalue weighted by molar-refractivity contribution is 6.46. The molecular formula is C11H23BO2. The molecule has 1 rings (SSSR count). The van der Waals surface area contributed by atoms with E-state index in [-0.39, 0.29) is 18.3 Å². The van der Waals surface area contributed by atoms with Gasteiger partial charge in [0.1, 0.15) is 0 Å². The maximum Gasteiger partial charge on any atom is 0.461 e. The highest BCUT2D eigenvalue weighted by Gasteiger charge is 2.50. The molecule has 0 aromatic rings. The van der Waals surface area contributed by atoms with Gasteiger partial charge in [-0.3, -0.25) is 0 Å². The Balaban J connectivity index is 0.000000791. The van der Waals surface area contributed by atoms with Gasteiger partial charge in [0, 0.05) is 6.32 Å². The van der Waals surface area contributed by atoms with Crippen LogP contribution in [0.3, 0.4) is 0 Å². The smallest absolute Gasteiger partial charge is 0.403 e. The van der Waals surface area contributed by atoms with Gasteiger partial charge < -0.3 is 9.31 Å². The Bertz CT molecular complexity index is 172. The highest BCUT2D eigenvalue weighted by Crippen LogP contribution is 2.37. The predicted octanol–water partition coefficient (Wildman–Crippen LogP) is 3.29. The lowest BCUT2D eigenvalue weighted by atomic mass is 9.85. The van der Waals surface area contributed by atoms with Crippen molar-refractivity contribution >= 4 is 7.12 Å². The normalized spacial score (nSPS) is 22.6. The minimum atomic E-state index is -0.208. The van der Waals surface area contributed by atoms with E-state index < -0.39 is 0 Å². The SMILES string of the molecule is C=CCB1OC(C)(C)C(C)(C)O1.CC. The number of allylic oxidation sites excluding steroid dienone is 1. The summed E-state index contributed by atoms with van der Waals surface area (Å²) in [6.45, 7) is 15.9. The van der Waals surface area contributed by atoms with Gasteiger partial charge in [0.15, 0.2) is 0 Å². The first kappa shape index (κ1) is 13.7. The second-order valence-electron chi connectivity index (χ2n) is 4.21. The van der Waals surface area contributed by atoms with Gasteiger partial charge in [-0.25, -0.2) is 0 Å². The molecule has 2 nitrogen and oxygen atoms in total.